The van der Waals surface area contributed by atoms with E-state index in [1.807, 2.05) is 52.9 Å². The average molecular weight is 654 g/mol. The van der Waals surface area contributed by atoms with Crippen molar-refractivity contribution in [2.24, 2.45) is 5.92 Å². The molecular formula is C26H18F3IN2O5S. The molecule has 3 aromatic carbocycles. The lowest BCUT2D eigenvalue weighted by Gasteiger charge is -2.07. The lowest BCUT2D eigenvalue weighted by atomic mass is 10.2. The van der Waals surface area contributed by atoms with Crippen molar-refractivity contribution < 1.29 is 30.7 Å². The molecule has 38 heavy (non-hydrogen) atoms. The average Bonchev–Trinajstić information content (AvgIpc) is 3.39. The first-order valence-corrected chi connectivity index (χ1v) is 14.1. The normalized spacial score (nSPS) is 17.5. The molecule has 1 aliphatic rings. The van der Waals surface area contributed by atoms with Crippen LogP contribution in [0, 0.1) is 26.9 Å². The van der Waals surface area contributed by atoms with Crippen LogP contribution in [0.1, 0.15) is 12.0 Å². The molecule has 6 rings (SSSR count). The van der Waals surface area contributed by atoms with Gasteiger partial charge in [-0.15, -0.1) is 0 Å². The number of nitrogens with zero attached hydrogens (tertiary/aromatic N) is 2. The first-order valence-electron chi connectivity index (χ1n) is 11.5. The SMILES string of the molecule is O=c1n(-c2ccc(I)cc2F)c2c(F)c(F)c3ccoc3c2n1S(=O)(=O)C1CC1COCc1ccccc1. The molecule has 2 aromatic heterocycles. The fourth-order valence-corrected chi connectivity index (χ4v) is 7.20. The van der Waals surface area contributed by atoms with Crippen LogP contribution in [0.5, 0.6) is 0 Å². The Kier molecular flexibility index (Phi) is 6.15. The van der Waals surface area contributed by atoms with Gasteiger partial charge in [0.15, 0.2) is 17.2 Å². The zero-order valence-electron chi connectivity index (χ0n) is 19.4. The van der Waals surface area contributed by atoms with Gasteiger partial charge in [0.2, 0.25) is 10.0 Å². The van der Waals surface area contributed by atoms with Crippen LogP contribution in [0.15, 0.2) is 70.1 Å². The zero-order valence-corrected chi connectivity index (χ0v) is 22.4. The standard InChI is InChI=1S/C26H18F3IN2O5S/c27-18-11-16(30)6-7-19(18)31-23-22(29)21(28)17-8-9-37-25(17)24(23)32(26(31)33)38(34,35)20-10-15(20)13-36-12-14-4-2-1-3-5-14/h1-9,11,15,20H,10,12-13H2. The summed E-state index contributed by atoms with van der Waals surface area (Å²) in [7, 11) is -4.44. The lowest BCUT2D eigenvalue weighted by Crippen LogP contribution is -2.32. The molecule has 196 valence electrons. The van der Waals surface area contributed by atoms with Crippen LogP contribution in [0.25, 0.3) is 27.7 Å². The summed E-state index contributed by atoms with van der Waals surface area (Å²) in [4.78, 5) is 13.7. The molecule has 1 aliphatic carbocycles. The fraction of sp³-hybridized carbons (Fsp3) is 0.192. The number of aromatic nitrogens is 2. The minimum absolute atomic E-state index is 0.122. The number of rotatable bonds is 7. The third kappa shape index (κ3) is 3.96. The number of benzene rings is 3. The van der Waals surface area contributed by atoms with Gasteiger partial charge in [-0.25, -0.2) is 26.4 Å². The molecule has 0 N–H and O–H groups in total. The first kappa shape index (κ1) is 25.2. The maximum Gasteiger partial charge on any atom is 0.348 e. The van der Waals surface area contributed by atoms with E-state index in [-0.39, 0.29) is 30.6 Å². The Hall–Kier alpha value is -3.10. The van der Waals surface area contributed by atoms with Crippen molar-refractivity contribution in [3.63, 3.8) is 0 Å². The van der Waals surface area contributed by atoms with Crippen LogP contribution < -0.4 is 5.69 Å². The molecule has 2 heterocycles. The quantitative estimate of drug-likeness (QED) is 0.221. The van der Waals surface area contributed by atoms with Crippen molar-refractivity contribution in [2.75, 3.05) is 6.61 Å². The molecule has 2 unspecified atom stereocenters. The van der Waals surface area contributed by atoms with Gasteiger partial charge in [-0.1, -0.05) is 30.3 Å². The van der Waals surface area contributed by atoms with Gasteiger partial charge in [0.25, 0.3) is 0 Å². The van der Waals surface area contributed by atoms with Gasteiger partial charge in [0.1, 0.15) is 16.9 Å². The van der Waals surface area contributed by atoms with Crippen LogP contribution in [0.3, 0.4) is 0 Å². The van der Waals surface area contributed by atoms with Crippen LogP contribution in [0.2, 0.25) is 0 Å². The summed E-state index contributed by atoms with van der Waals surface area (Å²) in [6.07, 6.45) is 1.27. The van der Waals surface area contributed by atoms with Crippen molar-refractivity contribution in [1.29, 1.82) is 0 Å². The highest BCUT2D eigenvalue weighted by Gasteiger charge is 2.50. The van der Waals surface area contributed by atoms with Gasteiger partial charge in [-0.3, -0.25) is 4.57 Å². The van der Waals surface area contributed by atoms with Gasteiger partial charge < -0.3 is 9.15 Å². The summed E-state index contributed by atoms with van der Waals surface area (Å²) in [5.74, 6) is -4.15. The lowest BCUT2D eigenvalue weighted by molar-refractivity contribution is 0.111. The Bertz CT molecular complexity index is 1880. The van der Waals surface area contributed by atoms with Crippen LogP contribution in [0.4, 0.5) is 13.2 Å². The number of fused-ring (bicyclic) bond motifs is 3. The minimum Gasteiger partial charge on any atom is -0.462 e. The molecule has 1 fully saturated rings. The highest BCUT2D eigenvalue weighted by Crippen LogP contribution is 2.41. The molecule has 0 amide bonds. The summed E-state index contributed by atoms with van der Waals surface area (Å²) in [6.45, 7) is 0.407. The summed E-state index contributed by atoms with van der Waals surface area (Å²) in [5.41, 5.74) is -2.29. The van der Waals surface area contributed by atoms with Gasteiger partial charge in [0, 0.05) is 9.49 Å². The molecule has 1 saturated carbocycles. The van der Waals surface area contributed by atoms with E-state index >= 15 is 4.39 Å². The molecule has 0 radical (unpaired) electrons. The van der Waals surface area contributed by atoms with E-state index in [9.17, 15) is 22.0 Å². The number of furan rings is 1. The summed E-state index contributed by atoms with van der Waals surface area (Å²) < 4.78 is 85.3. The molecule has 0 bridgehead atoms. The van der Waals surface area contributed by atoms with Gasteiger partial charge in [0.05, 0.1) is 35.8 Å². The van der Waals surface area contributed by atoms with E-state index in [4.69, 9.17) is 9.15 Å². The molecular weight excluding hydrogens is 636 g/mol. The minimum atomic E-state index is -4.44. The Morgan fingerprint density at radius 3 is 2.53 bits per heavy atom. The Labute approximate surface area is 227 Å². The second-order valence-electron chi connectivity index (χ2n) is 9.05. The molecule has 5 aromatic rings. The molecule has 2 atom stereocenters. The van der Waals surface area contributed by atoms with Crippen molar-refractivity contribution in [3.8, 4) is 5.69 Å². The van der Waals surface area contributed by atoms with E-state index < -0.39 is 61.1 Å². The number of hydrogen-bond acceptors (Lipinski definition) is 5. The predicted octanol–water partition coefficient (Wildman–Crippen LogP) is 5.34. The Balaban J connectivity index is 1.48. The second kappa shape index (κ2) is 9.27. The number of imidazole rings is 1. The molecule has 12 heteroatoms. The van der Waals surface area contributed by atoms with Gasteiger partial charge in [-0.2, -0.15) is 3.97 Å². The number of hydrogen-bond donors (Lipinski definition) is 0. The van der Waals surface area contributed by atoms with Gasteiger partial charge in [-0.05, 0) is 58.8 Å². The topological polar surface area (TPSA) is 83.4 Å². The Morgan fingerprint density at radius 2 is 1.79 bits per heavy atom. The zero-order chi connectivity index (χ0) is 26.8. The van der Waals surface area contributed by atoms with Crippen molar-refractivity contribution in [1.82, 2.24) is 8.54 Å². The van der Waals surface area contributed by atoms with Crippen LogP contribution in [-0.4, -0.2) is 28.8 Å². The number of ether oxygens (including phenoxy) is 1. The maximum atomic E-state index is 15.4. The smallest absolute Gasteiger partial charge is 0.348 e. The third-order valence-corrected chi connectivity index (χ3v) is 9.48. The Morgan fingerprint density at radius 1 is 1.03 bits per heavy atom. The van der Waals surface area contributed by atoms with Crippen molar-refractivity contribution >= 4 is 54.6 Å². The van der Waals surface area contributed by atoms with E-state index in [0.717, 1.165) is 24.0 Å². The fourth-order valence-electron chi connectivity index (χ4n) is 4.69. The summed E-state index contributed by atoms with van der Waals surface area (Å²) >= 11 is 1.85. The van der Waals surface area contributed by atoms with E-state index in [1.165, 1.54) is 12.1 Å². The maximum absolute atomic E-state index is 15.4. The van der Waals surface area contributed by atoms with Crippen LogP contribution in [-0.2, 0) is 21.4 Å². The van der Waals surface area contributed by atoms with E-state index in [1.54, 1.807) is 0 Å². The van der Waals surface area contributed by atoms with Gasteiger partial charge >= 0.3 is 5.69 Å². The summed E-state index contributed by atoms with van der Waals surface area (Å²) in [5, 5.41) is -1.34. The summed E-state index contributed by atoms with van der Waals surface area (Å²) in [6, 6.07) is 14.2. The predicted molar refractivity (Wildman–Crippen MR) is 142 cm³/mol. The second-order valence-corrected chi connectivity index (χ2v) is 12.3. The van der Waals surface area contributed by atoms with Crippen molar-refractivity contribution in [3.05, 3.63) is 97.9 Å². The molecule has 7 nitrogen and oxygen atoms in total. The largest absolute Gasteiger partial charge is 0.462 e. The molecule has 0 spiro atoms. The van der Waals surface area contributed by atoms with E-state index in [2.05, 4.69) is 0 Å². The van der Waals surface area contributed by atoms with E-state index in [0.29, 0.717) is 12.1 Å². The first-order chi connectivity index (χ1) is 18.2. The number of halogens is 4. The molecule has 0 saturated heterocycles. The highest BCUT2D eigenvalue weighted by molar-refractivity contribution is 14.1. The van der Waals surface area contributed by atoms with Crippen molar-refractivity contribution in [2.45, 2.75) is 18.3 Å². The highest BCUT2D eigenvalue weighted by atomic mass is 127. The monoisotopic (exact) mass is 654 g/mol. The third-order valence-electron chi connectivity index (χ3n) is 6.62. The van der Waals surface area contributed by atoms with Crippen LogP contribution >= 0.6 is 22.6 Å². The molecule has 0 aliphatic heterocycles.